The van der Waals surface area contributed by atoms with Gasteiger partial charge in [-0.2, -0.15) is 0 Å². The van der Waals surface area contributed by atoms with Crippen molar-refractivity contribution in [3.63, 3.8) is 0 Å². The topological polar surface area (TPSA) is 49.7 Å². The molecular formula is C15H22O3. The Morgan fingerprint density at radius 3 is 2.39 bits per heavy atom. The number of hydrogen-bond donors (Lipinski definition) is 2. The Morgan fingerprint density at radius 2 is 1.78 bits per heavy atom. The maximum Gasteiger partial charge on any atom is 0.100 e. The number of ether oxygens (including phenoxy) is 1. The van der Waals surface area contributed by atoms with E-state index in [4.69, 9.17) is 9.84 Å². The molecule has 0 aliphatic heterocycles. The van der Waals surface area contributed by atoms with Gasteiger partial charge in [-0.25, -0.2) is 0 Å². The van der Waals surface area contributed by atoms with Gasteiger partial charge in [-0.1, -0.05) is 30.3 Å². The number of hydrogen-bond acceptors (Lipinski definition) is 3. The van der Waals surface area contributed by atoms with Crippen LogP contribution in [0, 0.1) is 0 Å². The van der Waals surface area contributed by atoms with Gasteiger partial charge < -0.3 is 14.9 Å². The molecule has 0 spiro atoms. The summed E-state index contributed by atoms with van der Waals surface area (Å²) in [6.07, 6.45) is 3.87. The number of aliphatic hydroxyl groups is 2. The average Bonchev–Trinajstić information content (AvgIpc) is 2.46. The summed E-state index contributed by atoms with van der Waals surface area (Å²) in [6, 6.07) is 10.6. The first-order valence-corrected chi connectivity index (χ1v) is 6.75. The monoisotopic (exact) mass is 250 g/mol. The van der Waals surface area contributed by atoms with Gasteiger partial charge in [0.25, 0.3) is 0 Å². The van der Waals surface area contributed by atoms with Gasteiger partial charge in [0.1, 0.15) is 6.10 Å². The van der Waals surface area contributed by atoms with Crippen molar-refractivity contribution < 1.29 is 14.9 Å². The van der Waals surface area contributed by atoms with Crippen LogP contribution < -0.4 is 0 Å². The molecule has 0 amide bonds. The molecular weight excluding hydrogens is 228 g/mol. The van der Waals surface area contributed by atoms with Gasteiger partial charge in [0, 0.05) is 0 Å². The second kappa shape index (κ2) is 6.88. The van der Waals surface area contributed by atoms with Crippen molar-refractivity contribution in [1.82, 2.24) is 0 Å². The van der Waals surface area contributed by atoms with E-state index >= 15 is 0 Å². The van der Waals surface area contributed by atoms with Gasteiger partial charge in [0.2, 0.25) is 0 Å². The summed E-state index contributed by atoms with van der Waals surface area (Å²) in [5.41, 5.74) is 1.42. The maximum absolute atomic E-state index is 9.24. The Labute approximate surface area is 108 Å². The lowest BCUT2D eigenvalue weighted by Crippen LogP contribution is -2.27. The van der Waals surface area contributed by atoms with Crippen LogP contribution in [0.2, 0.25) is 0 Å². The minimum Gasteiger partial charge on any atom is -0.394 e. The van der Waals surface area contributed by atoms with E-state index in [1.165, 1.54) is 5.56 Å². The average molecular weight is 250 g/mol. The van der Waals surface area contributed by atoms with Gasteiger partial charge in [-0.15, -0.1) is 0 Å². The van der Waals surface area contributed by atoms with E-state index in [2.05, 4.69) is 30.3 Å². The zero-order valence-electron chi connectivity index (χ0n) is 10.7. The minimum absolute atomic E-state index is 0.223. The van der Waals surface area contributed by atoms with Crippen LogP contribution in [0.4, 0.5) is 0 Å². The summed E-state index contributed by atoms with van der Waals surface area (Å²) in [5, 5.41) is 18.0. The van der Waals surface area contributed by atoms with Crippen molar-refractivity contribution in [3.05, 3.63) is 35.9 Å². The van der Waals surface area contributed by atoms with Gasteiger partial charge in [0.05, 0.1) is 19.3 Å². The first-order chi connectivity index (χ1) is 8.79. The van der Waals surface area contributed by atoms with E-state index in [0.29, 0.717) is 5.92 Å². The van der Waals surface area contributed by atoms with Gasteiger partial charge in [-0.05, 0) is 37.2 Å². The normalized spacial score (nSPS) is 25.9. The number of aliphatic hydroxyl groups excluding tert-OH is 2. The standard InChI is InChI=1S/C15H22O3/c16-10-14(17)11-18-15-8-6-13(7-9-15)12-4-2-1-3-5-12/h1-5,13-17H,6-11H2. The Bertz CT molecular complexity index is 331. The SMILES string of the molecule is OCC(O)COC1CCC(c2ccccc2)CC1. The minimum atomic E-state index is -0.739. The summed E-state index contributed by atoms with van der Waals surface area (Å²) >= 11 is 0. The zero-order valence-corrected chi connectivity index (χ0v) is 10.7. The Kier molecular flexibility index (Phi) is 5.17. The molecule has 1 saturated carbocycles. The molecule has 0 saturated heterocycles. The molecule has 1 aliphatic rings. The highest BCUT2D eigenvalue weighted by molar-refractivity contribution is 5.19. The van der Waals surface area contributed by atoms with Crippen molar-refractivity contribution in [2.24, 2.45) is 0 Å². The van der Waals surface area contributed by atoms with Gasteiger partial charge in [0.15, 0.2) is 0 Å². The van der Waals surface area contributed by atoms with Crippen LogP contribution in [0.25, 0.3) is 0 Å². The van der Waals surface area contributed by atoms with Crippen LogP contribution >= 0.6 is 0 Å². The Balaban J connectivity index is 1.75. The van der Waals surface area contributed by atoms with Crippen molar-refractivity contribution >= 4 is 0 Å². The first-order valence-electron chi connectivity index (χ1n) is 6.75. The van der Waals surface area contributed by atoms with E-state index in [9.17, 15) is 5.11 Å². The second-order valence-electron chi connectivity index (χ2n) is 5.05. The summed E-state index contributed by atoms with van der Waals surface area (Å²) in [4.78, 5) is 0. The van der Waals surface area contributed by atoms with Crippen LogP contribution in [0.15, 0.2) is 30.3 Å². The largest absolute Gasteiger partial charge is 0.394 e. The molecule has 1 fully saturated rings. The fourth-order valence-electron chi connectivity index (χ4n) is 2.59. The lowest BCUT2D eigenvalue weighted by molar-refractivity contribution is -0.0412. The highest BCUT2D eigenvalue weighted by Crippen LogP contribution is 2.33. The zero-order chi connectivity index (χ0) is 12.8. The molecule has 100 valence electrons. The van der Waals surface area contributed by atoms with Gasteiger partial charge in [-0.3, -0.25) is 0 Å². The lowest BCUT2D eigenvalue weighted by Gasteiger charge is -2.29. The molecule has 2 N–H and O–H groups in total. The van der Waals surface area contributed by atoms with Crippen molar-refractivity contribution in [1.29, 1.82) is 0 Å². The summed E-state index contributed by atoms with van der Waals surface area (Å²) < 4.78 is 5.61. The highest BCUT2D eigenvalue weighted by Gasteiger charge is 2.23. The third-order valence-electron chi connectivity index (χ3n) is 3.68. The van der Waals surface area contributed by atoms with Crippen molar-refractivity contribution in [2.75, 3.05) is 13.2 Å². The predicted molar refractivity (Wildman–Crippen MR) is 70.5 cm³/mol. The molecule has 0 bridgehead atoms. The van der Waals surface area contributed by atoms with Crippen LogP contribution in [-0.2, 0) is 4.74 Å². The predicted octanol–water partition coefficient (Wildman–Crippen LogP) is 2.08. The lowest BCUT2D eigenvalue weighted by atomic mass is 9.83. The molecule has 1 aliphatic carbocycles. The van der Waals surface area contributed by atoms with Crippen LogP contribution in [-0.4, -0.2) is 35.6 Å². The summed E-state index contributed by atoms with van der Waals surface area (Å²) in [7, 11) is 0. The third-order valence-corrected chi connectivity index (χ3v) is 3.68. The first kappa shape index (κ1) is 13.5. The molecule has 1 aromatic rings. The molecule has 1 aromatic carbocycles. The molecule has 1 atom stereocenters. The fourth-order valence-corrected chi connectivity index (χ4v) is 2.59. The smallest absolute Gasteiger partial charge is 0.100 e. The molecule has 3 nitrogen and oxygen atoms in total. The fraction of sp³-hybridized carbons (Fsp3) is 0.600. The summed E-state index contributed by atoms with van der Waals surface area (Å²) in [6.45, 7) is 0.0243. The Hall–Kier alpha value is -0.900. The molecule has 1 unspecified atom stereocenters. The molecule has 0 radical (unpaired) electrons. The van der Waals surface area contributed by atoms with E-state index < -0.39 is 6.10 Å². The van der Waals surface area contributed by atoms with Crippen molar-refractivity contribution in [3.8, 4) is 0 Å². The quantitative estimate of drug-likeness (QED) is 0.841. The molecule has 2 rings (SSSR count). The highest BCUT2D eigenvalue weighted by atomic mass is 16.5. The molecule has 3 heteroatoms. The third kappa shape index (κ3) is 3.80. The van der Waals surface area contributed by atoms with Gasteiger partial charge >= 0.3 is 0 Å². The van der Waals surface area contributed by atoms with E-state index in [1.807, 2.05) is 0 Å². The van der Waals surface area contributed by atoms with E-state index in [-0.39, 0.29) is 19.3 Å². The summed E-state index contributed by atoms with van der Waals surface area (Å²) in [5.74, 6) is 0.647. The Morgan fingerprint density at radius 1 is 1.11 bits per heavy atom. The second-order valence-corrected chi connectivity index (χ2v) is 5.05. The van der Waals surface area contributed by atoms with E-state index in [1.54, 1.807) is 0 Å². The number of rotatable bonds is 5. The van der Waals surface area contributed by atoms with Crippen molar-refractivity contribution in [2.45, 2.75) is 43.8 Å². The van der Waals surface area contributed by atoms with E-state index in [0.717, 1.165) is 25.7 Å². The number of benzene rings is 1. The molecule has 0 aromatic heterocycles. The van der Waals surface area contributed by atoms with Crippen LogP contribution in [0.3, 0.4) is 0 Å². The maximum atomic E-state index is 9.24. The molecule has 18 heavy (non-hydrogen) atoms. The van der Waals surface area contributed by atoms with Crippen LogP contribution in [0.5, 0.6) is 0 Å². The molecule has 0 heterocycles. The van der Waals surface area contributed by atoms with Crippen LogP contribution in [0.1, 0.15) is 37.2 Å².